The van der Waals surface area contributed by atoms with Crippen molar-refractivity contribution in [2.45, 2.75) is 0 Å². The van der Waals surface area contributed by atoms with Gasteiger partial charge in [0.25, 0.3) is 5.91 Å². The first-order chi connectivity index (χ1) is 7.46. The molecule has 5 N–H and O–H groups in total. The van der Waals surface area contributed by atoms with Crippen molar-refractivity contribution in [2.24, 2.45) is 0 Å². The summed E-state index contributed by atoms with van der Waals surface area (Å²) in [5.74, 6) is -0.676. The lowest BCUT2D eigenvalue weighted by atomic mass is 10.3. The van der Waals surface area contributed by atoms with Crippen LogP contribution in [0.5, 0.6) is 0 Å². The molecule has 16 heavy (non-hydrogen) atoms. The molecular weight excluding hydrogens is 234 g/mol. The van der Waals surface area contributed by atoms with Gasteiger partial charge in [-0.1, -0.05) is 0 Å². The number of aromatic amines is 1. The molecule has 0 aliphatic carbocycles. The Hall–Kier alpha value is -1.61. The Morgan fingerprint density at radius 2 is 2.31 bits per heavy atom. The molecule has 0 radical (unpaired) electrons. The van der Waals surface area contributed by atoms with Gasteiger partial charge < -0.3 is 11.1 Å². The molecule has 1 aromatic rings. The molecular formula is C7H13N5O3S. The molecule has 0 saturated heterocycles. The second-order valence-electron chi connectivity index (χ2n) is 2.98. The summed E-state index contributed by atoms with van der Waals surface area (Å²) >= 11 is 0. The van der Waals surface area contributed by atoms with Gasteiger partial charge in [-0.15, -0.1) is 0 Å². The zero-order valence-corrected chi connectivity index (χ0v) is 9.47. The standard InChI is InChI=1S/C7H13N5O3S/c1-9-16(14,15)3-2-10-7(13)6-5(8)4-11-12-6/h4,9H,2-3,8H2,1H3,(H,10,13)(H,11,12). The summed E-state index contributed by atoms with van der Waals surface area (Å²) in [7, 11) is -2.01. The van der Waals surface area contributed by atoms with Gasteiger partial charge in [-0.05, 0) is 7.05 Å². The van der Waals surface area contributed by atoms with Gasteiger partial charge in [-0.3, -0.25) is 9.89 Å². The second-order valence-corrected chi connectivity index (χ2v) is 5.03. The fourth-order valence-electron chi connectivity index (χ4n) is 0.967. The molecule has 0 aromatic carbocycles. The van der Waals surface area contributed by atoms with Crippen LogP contribution >= 0.6 is 0 Å². The maximum atomic E-state index is 11.4. The number of amides is 1. The first-order valence-corrected chi connectivity index (χ1v) is 6.10. The molecule has 9 heteroatoms. The molecule has 0 bridgehead atoms. The van der Waals surface area contributed by atoms with Crippen LogP contribution in [0.2, 0.25) is 0 Å². The van der Waals surface area contributed by atoms with Crippen molar-refractivity contribution in [1.82, 2.24) is 20.2 Å². The summed E-state index contributed by atoms with van der Waals surface area (Å²) in [6.07, 6.45) is 1.30. The Kier molecular flexibility index (Phi) is 3.85. The van der Waals surface area contributed by atoms with Gasteiger partial charge in [0.15, 0.2) is 0 Å². The highest BCUT2D eigenvalue weighted by atomic mass is 32.2. The average Bonchev–Trinajstić information content (AvgIpc) is 2.64. The van der Waals surface area contributed by atoms with Crippen LogP contribution in [0.4, 0.5) is 5.69 Å². The third-order valence-corrected chi connectivity index (χ3v) is 3.23. The lowest BCUT2D eigenvalue weighted by Gasteiger charge is -2.04. The summed E-state index contributed by atoms with van der Waals surface area (Å²) in [5, 5.41) is 8.40. The number of nitrogen functional groups attached to an aromatic ring is 1. The number of rotatable bonds is 5. The van der Waals surface area contributed by atoms with Crippen molar-refractivity contribution in [3.05, 3.63) is 11.9 Å². The van der Waals surface area contributed by atoms with E-state index in [1.165, 1.54) is 13.2 Å². The predicted octanol–water partition coefficient (Wildman–Crippen LogP) is -1.73. The van der Waals surface area contributed by atoms with E-state index in [9.17, 15) is 13.2 Å². The molecule has 0 fully saturated rings. The smallest absolute Gasteiger partial charge is 0.271 e. The summed E-state index contributed by atoms with van der Waals surface area (Å²) < 4.78 is 24.2. The van der Waals surface area contributed by atoms with Crippen LogP contribution < -0.4 is 15.8 Å². The molecule has 1 heterocycles. The molecule has 0 saturated carbocycles. The summed E-state index contributed by atoms with van der Waals surface area (Å²) in [6.45, 7) is 0.000463. The summed E-state index contributed by atoms with van der Waals surface area (Å²) in [4.78, 5) is 11.4. The Morgan fingerprint density at radius 3 is 2.81 bits per heavy atom. The highest BCUT2D eigenvalue weighted by Gasteiger charge is 2.12. The van der Waals surface area contributed by atoms with Crippen LogP contribution in [0.1, 0.15) is 10.5 Å². The quantitative estimate of drug-likeness (QED) is 0.491. The minimum Gasteiger partial charge on any atom is -0.396 e. The first-order valence-electron chi connectivity index (χ1n) is 4.44. The maximum absolute atomic E-state index is 11.4. The molecule has 1 amide bonds. The van der Waals surface area contributed by atoms with E-state index in [0.29, 0.717) is 0 Å². The number of nitrogens with zero attached hydrogens (tertiary/aromatic N) is 1. The topological polar surface area (TPSA) is 130 Å². The lowest BCUT2D eigenvalue weighted by Crippen LogP contribution is -2.33. The van der Waals surface area contributed by atoms with Crippen molar-refractivity contribution >= 4 is 21.6 Å². The number of carbonyl (C=O) groups excluding carboxylic acids is 1. The zero-order chi connectivity index (χ0) is 12.2. The molecule has 1 rings (SSSR count). The zero-order valence-electron chi connectivity index (χ0n) is 8.65. The third kappa shape index (κ3) is 3.21. The summed E-state index contributed by atoms with van der Waals surface area (Å²) in [6, 6.07) is 0. The minimum atomic E-state index is -3.32. The Balaban J connectivity index is 2.46. The SMILES string of the molecule is CNS(=O)(=O)CCNC(=O)c1[nH]ncc1N. The normalized spacial score (nSPS) is 11.3. The van der Waals surface area contributed by atoms with Crippen LogP contribution in [0.15, 0.2) is 6.20 Å². The number of hydrogen-bond acceptors (Lipinski definition) is 5. The highest BCUT2D eigenvalue weighted by molar-refractivity contribution is 7.89. The van der Waals surface area contributed by atoms with E-state index < -0.39 is 15.9 Å². The van der Waals surface area contributed by atoms with Crippen LogP contribution in [0, 0.1) is 0 Å². The van der Waals surface area contributed by atoms with E-state index in [-0.39, 0.29) is 23.7 Å². The lowest BCUT2D eigenvalue weighted by molar-refractivity contribution is 0.0952. The van der Waals surface area contributed by atoms with Crippen LogP contribution in [-0.4, -0.2) is 43.9 Å². The van der Waals surface area contributed by atoms with E-state index in [1.807, 2.05) is 0 Å². The van der Waals surface area contributed by atoms with Gasteiger partial charge in [-0.25, -0.2) is 13.1 Å². The Morgan fingerprint density at radius 1 is 1.62 bits per heavy atom. The maximum Gasteiger partial charge on any atom is 0.271 e. The molecule has 0 atom stereocenters. The summed E-state index contributed by atoms with van der Waals surface area (Å²) in [5.41, 5.74) is 5.78. The molecule has 0 unspecified atom stereocenters. The molecule has 0 aliphatic heterocycles. The second kappa shape index (κ2) is 4.94. The van der Waals surface area contributed by atoms with Gasteiger partial charge in [0.2, 0.25) is 10.0 Å². The molecule has 0 spiro atoms. The minimum absolute atomic E-state index is 0.000463. The van der Waals surface area contributed by atoms with E-state index in [4.69, 9.17) is 5.73 Å². The number of sulfonamides is 1. The van der Waals surface area contributed by atoms with Gasteiger partial charge >= 0.3 is 0 Å². The van der Waals surface area contributed by atoms with E-state index in [2.05, 4.69) is 20.2 Å². The monoisotopic (exact) mass is 247 g/mol. The van der Waals surface area contributed by atoms with Gasteiger partial charge in [0, 0.05) is 6.54 Å². The third-order valence-electron chi connectivity index (χ3n) is 1.86. The largest absolute Gasteiger partial charge is 0.396 e. The van der Waals surface area contributed by atoms with Crippen LogP contribution in [0.3, 0.4) is 0 Å². The Labute approximate surface area is 92.7 Å². The molecule has 1 aromatic heterocycles. The van der Waals surface area contributed by atoms with Gasteiger partial charge in [-0.2, -0.15) is 5.10 Å². The van der Waals surface area contributed by atoms with Crippen LogP contribution in [-0.2, 0) is 10.0 Å². The van der Waals surface area contributed by atoms with Crippen molar-refractivity contribution < 1.29 is 13.2 Å². The van der Waals surface area contributed by atoms with E-state index in [1.54, 1.807) is 0 Å². The van der Waals surface area contributed by atoms with Crippen molar-refractivity contribution in [3.8, 4) is 0 Å². The number of nitrogens with two attached hydrogens (primary N) is 1. The van der Waals surface area contributed by atoms with Gasteiger partial charge in [0.1, 0.15) is 5.69 Å². The molecule has 0 aliphatic rings. The molecule has 90 valence electrons. The van der Waals surface area contributed by atoms with Crippen LogP contribution in [0.25, 0.3) is 0 Å². The number of H-pyrrole nitrogens is 1. The fraction of sp³-hybridized carbons (Fsp3) is 0.429. The Bertz CT molecular complexity index is 466. The number of hydrogen-bond donors (Lipinski definition) is 4. The molecule has 8 nitrogen and oxygen atoms in total. The number of anilines is 1. The van der Waals surface area contributed by atoms with E-state index in [0.717, 1.165) is 0 Å². The van der Waals surface area contributed by atoms with Gasteiger partial charge in [0.05, 0.1) is 17.6 Å². The van der Waals surface area contributed by atoms with E-state index >= 15 is 0 Å². The van der Waals surface area contributed by atoms with Crippen molar-refractivity contribution in [1.29, 1.82) is 0 Å². The highest BCUT2D eigenvalue weighted by Crippen LogP contribution is 2.04. The van der Waals surface area contributed by atoms with Crippen molar-refractivity contribution in [3.63, 3.8) is 0 Å². The predicted molar refractivity (Wildman–Crippen MR) is 58.2 cm³/mol. The number of nitrogens with one attached hydrogen (secondary N) is 3. The van der Waals surface area contributed by atoms with Crippen molar-refractivity contribution in [2.75, 3.05) is 25.1 Å². The number of aromatic nitrogens is 2. The number of carbonyl (C=O) groups is 1. The first kappa shape index (κ1) is 12.5. The fourth-order valence-corrected chi connectivity index (χ4v) is 1.54. The average molecular weight is 247 g/mol.